The van der Waals surface area contributed by atoms with Gasteiger partial charge >= 0.3 is 0 Å². The number of nitrogens with one attached hydrogen (secondary N) is 2. The van der Waals surface area contributed by atoms with E-state index in [0.29, 0.717) is 5.95 Å². The van der Waals surface area contributed by atoms with Crippen LogP contribution in [0.25, 0.3) is 28.0 Å². The Morgan fingerprint density at radius 2 is 1.82 bits per heavy atom. The second-order valence-electron chi connectivity index (χ2n) is 6.41. The highest BCUT2D eigenvalue weighted by molar-refractivity contribution is 5.72. The van der Waals surface area contributed by atoms with Gasteiger partial charge in [0.05, 0.1) is 11.9 Å². The van der Waals surface area contributed by atoms with Gasteiger partial charge in [0.15, 0.2) is 0 Å². The minimum absolute atomic E-state index is 0.247. The van der Waals surface area contributed by atoms with Crippen LogP contribution < -0.4 is 11.2 Å². The van der Waals surface area contributed by atoms with Crippen LogP contribution >= 0.6 is 0 Å². The molecular weight excluding hydrogens is 357 g/mol. The van der Waals surface area contributed by atoms with E-state index in [1.165, 1.54) is 16.9 Å². The Labute approximate surface area is 159 Å². The number of nitrogens with two attached hydrogens (primary N) is 1. The molecule has 0 saturated heterocycles. The number of rotatable bonds is 4. The highest BCUT2D eigenvalue weighted by atomic mass is 19.1. The van der Waals surface area contributed by atoms with Gasteiger partial charge in [-0.1, -0.05) is 24.3 Å². The molecule has 4 N–H and O–H groups in total. The Morgan fingerprint density at radius 1 is 0.964 bits per heavy atom. The molecule has 0 spiro atoms. The van der Waals surface area contributed by atoms with Crippen LogP contribution in [0.4, 0.5) is 16.0 Å². The fraction of sp³-hybridized carbons (Fsp3) is 0. The number of halogens is 1. The normalized spacial score (nSPS) is 11.2. The van der Waals surface area contributed by atoms with Crippen molar-refractivity contribution in [3.05, 3.63) is 78.9 Å². The van der Waals surface area contributed by atoms with Gasteiger partial charge in [-0.05, 0) is 47.5 Å². The number of aromatic nitrogens is 5. The van der Waals surface area contributed by atoms with E-state index in [1.54, 1.807) is 12.1 Å². The minimum atomic E-state index is -0.247. The quantitative estimate of drug-likeness (QED) is 0.418. The number of nitrogen functional groups attached to an aromatic ring is 1. The standard InChI is InChI=1S/C20H16FN7/c21-16-6-4-13(5-7-16)14-8-9-27-18(12-23-19(27)11-14)15-2-1-3-17(10-15)24-20-25-26-28(20)22/h1-12,26H,22H2,(H,24,25). The number of pyridine rings is 1. The van der Waals surface area contributed by atoms with Crippen molar-refractivity contribution < 1.29 is 4.39 Å². The topological polar surface area (TPSA) is 89.0 Å². The number of nitrogens with zero attached hydrogens (tertiary/aromatic N) is 4. The number of H-pyrrole nitrogens is 1. The molecule has 0 amide bonds. The number of imidazole rings is 1. The summed E-state index contributed by atoms with van der Waals surface area (Å²) in [5.41, 5.74) is 5.58. The fourth-order valence-corrected chi connectivity index (χ4v) is 3.15. The third-order valence-electron chi connectivity index (χ3n) is 4.60. The van der Waals surface area contributed by atoms with E-state index in [2.05, 4.69) is 20.6 Å². The summed E-state index contributed by atoms with van der Waals surface area (Å²) in [6, 6.07) is 18.3. The maximum Gasteiger partial charge on any atom is 0.262 e. The Morgan fingerprint density at radius 3 is 2.57 bits per heavy atom. The summed E-state index contributed by atoms with van der Waals surface area (Å²) < 4.78 is 15.2. The zero-order valence-electron chi connectivity index (χ0n) is 14.7. The average Bonchev–Trinajstić information content (AvgIpc) is 3.15. The molecule has 5 rings (SSSR count). The second kappa shape index (κ2) is 6.27. The van der Waals surface area contributed by atoms with Crippen LogP contribution in [-0.4, -0.2) is 24.5 Å². The van der Waals surface area contributed by atoms with E-state index in [4.69, 9.17) is 5.84 Å². The first-order chi connectivity index (χ1) is 13.7. The first kappa shape index (κ1) is 16.1. The van der Waals surface area contributed by atoms with Crippen LogP contribution in [0, 0.1) is 5.82 Å². The molecule has 0 bridgehead atoms. The van der Waals surface area contributed by atoms with E-state index in [-0.39, 0.29) is 5.82 Å². The summed E-state index contributed by atoms with van der Waals surface area (Å²) in [4.78, 5) is 5.84. The molecule has 28 heavy (non-hydrogen) atoms. The lowest BCUT2D eigenvalue weighted by Gasteiger charge is -2.13. The highest BCUT2D eigenvalue weighted by Crippen LogP contribution is 2.27. The van der Waals surface area contributed by atoms with Gasteiger partial charge < -0.3 is 11.2 Å². The number of hydrogen-bond donors (Lipinski definition) is 3. The average molecular weight is 373 g/mol. The SMILES string of the molecule is Nn1[nH]nc1Nc1cccc(-c2cnc3cc(-c4ccc(F)cc4)ccn23)c1. The van der Waals surface area contributed by atoms with Gasteiger partial charge in [-0.15, -0.1) is 5.10 Å². The molecule has 0 atom stereocenters. The Balaban J connectivity index is 1.50. The second-order valence-corrected chi connectivity index (χ2v) is 6.41. The summed E-state index contributed by atoms with van der Waals surface area (Å²) in [7, 11) is 0. The maximum absolute atomic E-state index is 13.2. The number of fused-ring (bicyclic) bond motifs is 1. The molecule has 3 heterocycles. The molecule has 0 saturated carbocycles. The van der Waals surface area contributed by atoms with Gasteiger partial charge in [-0.2, -0.15) is 10.0 Å². The van der Waals surface area contributed by atoms with Crippen molar-refractivity contribution in [2.24, 2.45) is 0 Å². The van der Waals surface area contributed by atoms with E-state index in [9.17, 15) is 4.39 Å². The van der Waals surface area contributed by atoms with Crippen LogP contribution in [0.1, 0.15) is 0 Å². The molecule has 0 radical (unpaired) electrons. The van der Waals surface area contributed by atoms with Gasteiger partial charge in [0.1, 0.15) is 11.5 Å². The van der Waals surface area contributed by atoms with Crippen molar-refractivity contribution in [3.63, 3.8) is 0 Å². The summed E-state index contributed by atoms with van der Waals surface area (Å²) in [5.74, 6) is 5.94. The van der Waals surface area contributed by atoms with Crippen LogP contribution in [0.3, 0.4) is 0 Å². The van der Waals surface area contributed by atoms with Crippen LogP contribution in [0.5, 0.6) is 0 Å². The zero-order chi connectivity index (χ0) is 19.1. The monoisotopic (exact) mass is 373 g/mol. The molecule has 0 aliphatic rings. The van der Waals surface area contributed by atoms with Gasteiger partial charge in [-0.3, -0.25) is 4.40 Å². The van der Waals surface area contributed by atoms with E-state index < -0.39 is 0 Å². The molecule has 5 aromatic rings. The fourth-order valence-electron chi connectivity index (χ4n) is 3.15. The lowest BCUT2D eigenvalue weighted by Crippen LogP contribution is -2.24. The molecular formula is C20H16FN7. The molecule has 0 aliphatic heterocycles. The molecule has 0 unspecified atom stereocenters. The first-order valence-electron chi connectivity index (χ1n) is 8.66. The van der Waals surface area contributed by atoms with Crippen LogP contribution in [0.15, 0.2) is 73.1 Å². The lowest BCUT2D eigenvalue weighted by molar-refractivity contribution is 0.628. The van der Waals surface area contributed by atoms with E-state index in [1.807, 2.05) is 53.2 Å². The van der Waals surface area contributed by atoms with Crippen molar-refractivity contribution in [1.82, 2.24) is 24.5 Å². The third-order valence-corrected chi connectivity index (χ3v) is 4.60. The molecule has 7 nitrogen and oxygen atoms in total. The maximum atomic E-state index is 13.2. The van der Waals surface area contributed by atoms with Gasteiger partial charge in [0.2, 0.25) is 0 Å². The number of anilines is 2. The Bertz CT molecular complexity index is 1260. The molecule has 0 aliphatic carbocycles. The number of hydrogen-bond acceptors (Lipinski definition) is 4. The largest absolute Gasteiger partial charge is 0.322 e. The smallest absolute Gasteiger partial charge is 0.262 e. The van der Waals surface area contributed by atoms with Gasteiger partial charge in [0.25, 0.3) is 5.95 Å². The summed E-state index contributed by atoms with van der Waals surface area (Å²) in [6.45, 7) is 0. The molecule has 0 fully saturated rings. The summed E-state index contributed by atoms with van der Waals surface area (Å²) in [5, 5.41) is 9.66. The van der Waals surface area contributed by atoms with Crippen LogP contribution in [-0.2, 0) is 0 Å². The summed E-state index contributed by atoms with van der Waals surface area (Å²) in [6.07, 6.45) is 3.80. The van der Waals surface area contributed by atoms with Crippen molar-refractivity contribution in [2.75, 3.05) is 11.2 Å². The van der Waals surface area contributed by atoms with Crippen LogP contribution in [0.2, 0.25) is 0 Å². The predicted molar refractivity (Wildman–Crippen MR) is 106 cm³/mol. The predicted octanol–water partition coefficient (Wildman–Crippen LogP) is 3.79. The molecule has 2 aromatic carbocycles. The lowest BCUT2D eigenvalue weighted by atomic mass is 10.1. The Kier molecular flexibility index (Phi) is 3.61. The van der Waals surface area contributed by atoms with E-state index >= 15 is 0 Å². The van der Waals surface area contributed by atoms with Crippen molar-refractivity contribution in [2.45, 2.75) is 0 Å². The van der Waals surface area contributed by atoms with E-state index in [0.717, 1.165) is 33.7 Å². The van der Waals surface area contributed by atoms with Crippen molar-refractivity contribution in [3.8, 4) is 22.4 Å². The number of aromatic amines is 1. The summed E-state index contributed by atoms with van der Waals surface area (Å²) >= 11 is 0. The highest BCUT2D eigenvalue weighted by Gasteiger charge is 2.10. The van der Waals surface area contributed by atoms with Gasteiger partial charge in [0, 0.05) is 17.4 Å². The zero-order valence-corrected chi connectivity index (χ0v) is 14.7. The number of benzene rings is 2. The molecule has 138 valence electrons. The first-order valence-corrected chi connectivity index (χ1v) is 8.66. The minimum Gasteiger partial charge on any atom is -0.322 e. The van der Waals surface area contributed by atoms with Crippen molar-refractivity contribution >= 4 is 17.3 Å². The third kappa shape index (κ3) is 2.77. The Hall–Kier alpha value is -4.07. The van der Waals surface area contributed by atoms with Crippen molar-refractivity contribution in [1.29, 1.82) is 0 Å². The molecule has 8 heteroatoms. The van der Waals surface area contributed by atoms with Gasteiger partial charge in [-0.25, -0.2) is 9.37 Å². The molecule has 3 aromatic heterocycles.